The summed E-state index contributed by atoms with van der Waals surface area (Å²) < 4.78 is 0. The number of hydrogen-bond donors (Lipinski definition) is 2. The van der Waals surface area contributed by atoms with E-state index in [9.17, 15) is 4.79 Å². The summed E-state index contributed by atoms with van der Waals surface area (Å²) in [5.41, 5.74) is 3.17. The molecular weight excluding hydrogens is 440 g/mol. The van der Waals surface area contributed by atoms with Crippen LogP contribution in [0.2, 0.25) is 5.02 Å². The van der Waals surface area contributed by atoms with E-state index < -0.39 is 6.04 Å². The molecule has 7 heteroatoms. The first-order valence-electron chi connectivity index (χ1n) is 10.3. The summed E-state index contributed by atoms with van der Waals surface area (Å²) in [5, 5.41) is 10.9. The number of halogens is 1. The quantitative estimate of drug-likeness (QED) is 0.363. The van der Waals surface area contributed by atoms with Crippen LogP contribution in [0.4, 0.5) is 0 Å². The van der Waals surface area contributed by atoms with E-state index in [1.165, 1.54) is 0 Å². The zero-order valence-electron chi connectivity index (χ0n) is 17.5. The Hall–Kier alpha value is -3.09. The molecule has 0 radical (unpaired) electrons. The summed E-state index contributed by atoms with van der Waals surface area (Å²) >= 11 is 7.66. The third-order valence-electron chi connectivity index (χ3n) is 4.97. The number of benzene rings is 3. The molecule has 32 heavy (non-hydrogen) atoms. The molecule has 0 saturated heterocycles. The van der Waals surface area contributed by atoms with Gasteiger partial charge in [0, 0.05) is 5.02 Å². The van der Waals surface area contributed by atoms with Gasteiger partial charge in [-0.05, 0) is 35.7 Å². The molecule has 0 aliphatic rings. The minimum absolute atomic E-state index is 0.0140. The molecule has 0 aliphatic carbocycles. The second-order valence-electron chi connectivity index (χ2n) is 7.34. The summed E-state index contributed by atoms with van der Waals surface area (Å²) in [6, 6.07) is 27.3. The number of aromatic amines is 1. The number of hydrogen-bond acceptors (Lipinski definition) is 4. The smallest absolute Gasteiger partial charge is 0.230 e. The summed E-state index contributed by atoms with van der Waals surface area (Å²) in [6.07, 6.45) is 0. The Balaban J connectivity index is 1.51. The lowest BCUT2D eigenvalue weighted by atomic mass is 10.0. The van der Waals surface area contributed by atoms with Gasteiger partial charge in [-0.1, -0.05) is 84.4 Å². The maximum Gasteiger partial charge on any atom is 0.230 e. The molecule has 5 nitrogen and oxygen atoms in total. The van der Waals surface area contributed by atoms with Crippen LogP contribution in [0.5, 0.6) is 0 Å². The summed E-state index contributed by atoms with van der Waals surface area (Å²) in [7, 11) is 0. The number of carbonyl (C=O) groups is 1. The van der Waals surface area contributed by atoms with E-state index in [-0.39, 0.29) is 16.9 Å². The highest BCUT2D eigenvalue weighted by Gasteiger charge is 2.22. The van der Waals surface area contributed by atoms with E-state index in [1.54, 1.807) is 11.8 Å². The van der Waals surface area contributed by atoms with Crippen molar-refractivity contribution in [2.75, 3.05) is 5.75 Å². The standard InChI is InChI=1S/C25H23ClN4OS/c1-17-27-25(30-29-17)23(18-8-4-2-5-9-18)28-22(31)16-32-24(19-10-6-3-7-11-19)20-12-14-21(26)15-13-20/h2-15,23-24H,16H2,1H3,(H,28,31)(H,27,29,30). The predicted molar refractivity (Wildman–Crippen MR) is 130 cm³/mol. The number of aromatic nitrogens is 3. The predicted octanol–water partition coefficient (Wildman–Crippen LogP) is 5.49. The van der Waals surface area contributed by atoms with Gasteiger partial charge < -0.3 is 5.32 Å². The monoisotopic (exact) mass is 462 g/mol. The van der Waals surface area contributed by atoms with Gasteiger partial charge >= 0.3 is 0 Å². The average Bonchev–Trinajstić information content (AvgIpc) is 3.26. The lowest BCUT2D eigenvalue weighted by molar-refractivity contribution is -0.119. The molecule has 2 unspecified atom stereocenters. The van der Waals surface area contributed by atoms with Crippen molar-refractivity contribution in [2.45, 2.75) is 18.2 Å². The highest BCUT2D eigenvalue weighted by Crippen LogP contribution is 2.36. The van der Waals surface area contributed by atoms with E-state index in [2.05, 4.69) is 32.6 Å². The maximum absolute atomic E-state index is 13.0. The van der Waals surface area contributed by atoms with Gasteiger partial charge in [0.2, 0.25) is 5.91 Å². The largest absolute Gasteiger partial charge is 0.341 e. The summed E-state index contributed by atoms with van der Waals surface area (Å²) in [5.74, 6) is 1.46. The normalized spacial score (nSPS) is 12.8. The number of amides is 1. The van der Waals surface area contributed by atoms with Gasteiger partial charge in [0.15, 0.2) is 5.82 Å². The fourth-order valence-corrected chi connectivity index (χ4v) is 4.67. The fraction of sp³-hybridized carbons (Fsp3) is 0.160. The van der Waals surface area contributed by atoms with Crippen LogP contribution in [0.15, 0.2) is 84.9 Å². The van der Waals surface area contributed by atoms with Crippen molar-refractivity contribution in [1.82, 2.24) is 20.5 Å². The minimum atomic E-state index is -0.417. The molecule has 4 aromatic rings. The van der Waals surface area contributed by atoms with Gasteiger partial charge in [-0.2, -0.15) is 5.10 Å². The van der Waals surface area contributed by atoms with Crippen molar-refractivity contribution in [1.29, 1.82) is 0 Å². The molecule has 3 aromatic carbocycles. The number of carbonyl (C=O) groups excluding carboxylic acids is 1. The van der Waals surface area contributed by atoms with Gasteiger partial charge in [0.05, 0.1) is 11.0 Å². The number of nitrogens with zero attached hydrogens (tertiary/aromatic N) is 2. The number of rotatable bonds is 8. The molecule has 0 aliphatic heterocycles. The zero-order chi connectivity index (χ0) is 22.3. The lowest BCUT2D eigenvalue weighted by Gasteiger charge is -2.20. The van der Waals surface area contributed by atoms with Gasteiger partial charge in [0.25, 0.3) is 0 Å². The molecule has 0 bridgehead atoms. The van der Waals surface area contributed by atoms with Crippen molar-refractivity contribution in [2.24, 2.45) is 0 Å². The van der Waals surface area contributed by atoms with E-state index in [0.29, 0.717) is 16.7 Å². The maximum atomic E-state index is 13.0. The second-order valence-corrected chi connectivity index (χ2v) is 8.87. The van der Waals surface area contributed by atoms with Crippen LogP contribution in [0.3, 0.4) is 0 Å². The van der Waals surface area contributed by atoms with Crippen molar-refractivity contribution >= 4 is 29.3 Å². The summed E-state index contributed by atoms with van der Waals surface area (Å²) in [6.45, 7) is 1.84. The molecule has 2 atom stereocenters. The van der Waals surface area contributed by atoms with Crippen LogP contribution in [-0.2, 0) is 4.79 Å². The molecule has 0 fully saturated rings. The number of H-pyrrole nitrogens is 1. The first kappa shape index (κ1) is 22.1. The van der Waals surface area contributed by atoms with Crippen molar-refractivity contribution in [3.05, 3.63) is 118 Å². The van der Waals surface area contributed by atoms with E-state index in [1.807, 2.05) is 79.7 Å². The Morgan fingerprint density at radius 2 is 1.53 bits per heavy atom. The molecule has 1 amide bonds. The number of thioether (sulfide) groups is 1. The Morgan fingerprint density at radius 1 is 0.938 bits per heavy atom. The molecule has 1 aromatic heterocycles. The Labute approximate surface area is 196 Å². The molecule has 0 saturated carbocycles. The third-order valence-corrected chi connectivity index (χ3v) is 6.53. The second kappa shape index (κ2) is 10.5. The highest BCUT2D eigenvalue weighted by molar-refractivity contribution is 8.00. The zero-order valence-corrected chi connectivity index (χ0v) is 19.1. The van der Waals surface area contributed by atoms with Crippen molar-refractivity contribution < 1.29 is 4.79 Å². The van der Waals surface area contributed by atoms with Crippen molar-refractivity contribution in [3.8, 4) is 0 Å². The first-order chi connectivity index (χ1) is 15.6. The summed E-state index contributed by atoms with van der Waals surface area (Å²) in [4.78, 5) is 17.4. The highest BCUT2D eigenvalue weighted by atomic mass is 35.5. The molecular formula is C25H23ClN4OS. The van der Waals surface area contributed by atoms with Crippen LogP contribution >= 0.6 is 23.4 Å². The fourth-order valence-electron chi connectivity index (χ4n) is 3.44. The Kier molecular flexibility index (Phi) is 7.24. The van der Waals surface area contributed by atoms with Gasteiger partial charge in [-0.3, -0.25) is 9.89 Å². The van der Waals surface area contributed by atoms with Crippen LogP contribution in [0, 0.1) is 6.92 Å². The van der Waals surface area contributed by atoms with E-state index in [0.717, 1.165) is 16.7 Å². The van der Waals surface area contributed by atoms with Crippen LogP contribution in [0.25, 0.3) is 0 Å². The number of aryl methyl sites for hydroxylation is 1. The van der Waals surface area contributed by atoms with E-state index in [4.69, 9.17) is 11.6 Å². The SMILES string of the molecule is Cc1nc(C(NC(=O)CSC(c2ccccc2)c2ccc(Cl)cc2)c2ccccc2)n[nH]1. The van der Waals surface area contributed by atoms with Gasteiger partial charge in [0.1, 0.15) is 11.9 Å². The topological polar surface area (TPSA) is 70.7 Å². The van der Waals surface area contributed by atoms with Crippen LogP contribution in [0.1, 0.15) is 39.6 Å². The average molecular weight is 463 g/mol. The van der Waals surface area contributed by atoms with Gasteiger partial charge in [-0.15, -0.1) is 11.8 Å². The molecule has 2 N–H and O–H groups in total. The Morgan fingerprint density at radius 3 is 2.12 bits per heavy atom. The van der Waals surface area contributed by atoms with E-state index >= 15 is 0 Å². The molecule has 0 spiro atoms. The van der Waals surface area contributed by atoms with Gasteiger partial charge in [-0.25, -0.2) is 4.98 Å². The molecule has 1 heterocycles. The minimum Gasteiger partial charge on any atom is -0.341 e. The molecule has 4 rings (SSSR count). The lowest BCUT2D eigenvalue weighted by Crippen LogP contribution is -2.31. The Bertz CT molecular complexity index is 1150. The first-order valence-corrected chi connectivity index (χ1v) is 11.7. The van der Waals surface area contributed by atoms with Crippen LogP contribution in [-0.4, -0.2) is 26.8 Å². The van der Waals surface area contributed by atoms with Crippen LogP contribution < -0.4 is 5.32 Å². The number of nitrogens with one attached hydrogen (secondary N) is 2. The third kappa shape index (κ3) is 5.58. The van der Waals surface area contributed by atoms with Crippen molar-refractivity contribution in [3.63, 3.8) is 0 Å². The molecule has 162 valence electrons.